The van der Waals surface area contributed by atoms with Gasteiger partial charge in [0.1, 0.15) is 11.0 Å². The van der Waals surface area contributed by atoms with E-state index < -0.39 is 0 Å². The molecule has 0 aliphatic heterocycles. The smallest absolute Gasteiger partial charge is 0.121 e. The molecule has 11 rings (SSSR count). The first-order chi connectivity index (χ1) is 24.8. The predicted octanol–water partition coefficient (Wildman–Crippen LogP) is 11.7. The Balaban J connectivity index is 1.14. The van der Waals surface area contributed by atoms with Gasteiger partial charge in [0.25, 0.3) is 0 Å². The Hall–Kier alpha value is -6.78. The molecule has 2 heterocycles. The fourth-order valence-electron chi connectivity index (χ4n) is 8.17. The molecule has 50 heavy (non-hydrogen) atoms. The molecule has 8 aromatic carbocycles. The Labute approximate surface area is 288 Å². The van der Waals surface area contributed by atoms with Crippen molar-refractivity contribution in [2.24, 2.45) is 0 Å². The third-order valence-electron chi connectivity index (χ3n) is 10.4. The van der Waals surface area contributed by atoms with Crippen LogP contribution in [0.25, 0.3) is 99.5 Å². The Kier molecular flexibility index (Phi) is 5.63. The van der Waals surface area contributed by atoms with Gasteiger partial charge in [-0.3, -0.25) is 0 Å². The molecule has 1 aliphatic rings. The minimum Gasteiger partial charge on any atom is -0.309 e. The summed E-state index contributed by atoms with van der Waals surface area (Å²) in [6.07, 6.45) is 0. The fourth-order valence-corrected chi connectivity index (χ4v) is 8.17. The van der Waals surface area contributed by atoms with Gasteiger partial charge in [-0.2, -0.15) is 4.80 Å². The van der Waals surface area contributed by atoms with Crippen molar-refractivity contribution in [1.82, 2.24) is 19.6 Å². The Morgan fingerprint density at radius 3 is 1.80 bits per heavy atom. The van der Waals surface area contributed by atoms with Gasteiger partial charge in [-0.15, -0.1) is 10.2 Å². The van der Waals surface area contributed by atoms with Crippen molar-refractivity contribution in [2.75, 3.05) is 0 Å². The Bertz CT molecular complexity index is 2970. The van der Waals surface area contributed by atoms with Crippen LogP contribution >= 0.6 is 0 Å². The highest BCUT2D eigenvalue weighted by Gasteiger charge is 2.25. The number of hydrogen-bond acceptors (Lipinski definition) is 2. The summed E-state index contributed by atoms with van der Waals surface area (Å²) in [7, 11) is 0. The van der Waals surface area contributed by atoms with Crippen LogP contribution in [0.1, 0.15) is 0 Å². The molecule has 0 atom stereocenters. The molecule has 0 saturated heterocycles. The minimum atomic E-state index is 0.857. The van der Waals surface area contributed by atoms with Crippen molar-refractivity contribution in [3.8, 4) is 55.9 Å². The molecule has 2 aromatic heterocycles. The maximum atomic E-state index is 5.11. The van der Waals surface area contributed by atoms with Gasteiger partial charge in [-0.05, 0) is 80.6 Å². The van der Waals surface area contributed by atoms with Crippen molar-refractivity contribution in [3.05, 3.63) is 170 Å². The van der Waals surface area contributed by atoms with Gasteiger partial charge in [0, 0.05) is 21.9 Å². The molecule has 1 aliphatic carbocycles. The van der Waals surface area contributed by atoms with Crippen LogP contribution in [-0.2, 0) is 0 Å². The number of hydrogen-bond donors (Lipinski definition) is 0. The lowest BCUT2D eigenvalue weighted by molar-refractivity contribution is 0.766. The van der Waals surface area contributed by atoms with Gasteiger partial charge in [-0.25, -0.2) is 0 Å². The topological polar surface area (TPSA) is 35.6 Å². The molecule has 0 saturated carbocycles. The fraction of sp³-hybridized carbons (Fsp3) is 0. The second-order valence-corrected chi connectivity index (χ2v) is 13.0. The van der Waals surface area contributed by atoms with E-state index in [0.717, 1.165) is 39.1 Å². The van der Waals surface area contributed by atoms with Gasteiger partial charge in [0.05, 0.1) is 22.4 Å². The first-order valence-electron chi connectivity index (χ1n) is 17.0. The SMILES string of the molecule is c1ccc(-c2ccc(-n3nc4cccc(-c5ccccc5-n5c6cccc7c6c6c8c(cccc8ccc65)-c5ccccc5-7)c4n3)cc2)cc1. The van der Waals surface area contributed by atoms with Crippen molar-refractivity contribution in [3.63, 3.8) is 0 Å². The van der Waals surface area contributed by atoms with E-state index in [9.17, 15) is 0 Å². The number of benzene rings is 8. The van der Waals surface area contributed by atoms with Gasteiger partial charge < -0.3 is 4.57 Å². The lowest BCUT2D eigenvalue weighted by atomic mass is 9.93. The molecular formula is C46H28N4. The van der Waals surface area contributed by atoms with Crippen LogP contribution in [0.4, 0.5) is 0 Å². The van der Waals surface area contributed by atoms with E-state index in [1.807, 2.05) is 12.1 Å². The second kappa shape index (κ2) is 10.4. The average molecular weight is 637 g/mol. The molecule has 0 fully saturated rings. The van der Waals surface area contributed by atoms with E-state index in [-0.39, 0.29) is 0 Å². The standard InChI is InChI=1S/C46H28N4/c1-2-11-29(12-3-1)30-23-26-32(27-24-30)50-47-39-20-9-19-38(46(39)48-50)35-16-6-7-21-40(35)49-41-22-10-18-37-34-15-5-4-14-33(34)36-17-8-13-31-25-28-42(49)45(43(31)36)44(37)41/h1-28H. The molecule has 232 valence electrons. The Morgan fingerprint density at radius 2 is 0.980 bits per heavy atom. The van der Waals surface area contributed by atoms with Crippen molar-refractivity contribution in [2.45, 2.75) is 0 Å². The van der Waals surface area contributed by atoms with Crippen molar-refractivity contribution >= 4 is 43.6 Å². The summed E-state index contributed by atoms with van der Waals surface area (Å²) in [6.45, 7) is 0. The van der Waals surface area contributed by atoms with Crippen molar-refractivity contribution in [1.29, 1.82) is 0 Å². The minimum absolute atomic E-state index is 0.857. The van der Waals surface area contributed by atoms with Crippen LogP contribution in [0.3, 0.4) is 0 Å². The predicted molar refractivity (Wildman–Crippen MR) is 206 cm³/mol. The molecule has 4 nitrogen and oxygen atoms in total. The summed E-state index contributed by atoms with van der Waals surface area (Å²) < 4.78 is 2.46. The van der Waals surface area contributed by atoms with E-state index in [0.29, 0.717) is 0 Å². The highest BCUT2D eigenvalue weighted by atomic mass is 15.5. The van der Waals surface area contributed by atoms with Crippen LogP contribution in [0.5, 0.6) is 0 Å². The number of aromatic nitrogens is 4. The normalized spacial score (nSPS) is 12.0. The summed E-state index contributed by atoms with van der Waals surface area (Å²) in [4.78, 5) is 1.76. The van der Waals surface area contributed by atoms with Crippen LogP contribution in [-0.4, -0.2) is 19.6 Å². The van der Waals surface area contributed by atoms with Gasteiger partial charge in [-0.1, -0.05) is 133 Å². The monoisotopic (exact) mass is 636 g/mol. The van der Waals surface area contributed by atoms with Crippen LogP contribution in [0.15, 0.2) is 170 Å². The first-order valence-corrected chi connectivity index (χ1v) is 17.0. The van der Waals surface area contributed by atoms with E-state index in [1.165, 1.54) is 60.4 Å². The van der Waals surface area contributed by atoms with E-state index >= 15 is 0 Å². The molecule has 0 amide bonds. The summed E-state index contributed by atoms with van der Waals surface area (Å²) in [6, 6.07) is 60.8. The maximum Gasteiger partial charge on any atom is 0.121 e. The third kappa shape index (κ3) is 3.81. The van der Waals surface area contributed by atoms with Gasteiger partial charge in [0.2, 0.25) is 0 Å². The molecule has 0 bridgehead atoms. The number of para-hydroxylation sites is 1. The highest BCUT2D eigenvalue weighted by molar-refractivity contribution is 6.30. The average Bonchev–Trinajstić information content (AvgIpc) is 3.75. The number of fused-ring (bicyclic) bond motifs is 4. The van der Waals surface area contributed by atoms with Gasteiger partial charge >= 0.3 is 0 Å². The number of rotatable bonds is 4. The molecule has 0 N–H and O–H groups in total. The number of nitrogens with zero attached hydrogens (tertiary/aromatic N) is 4. The lowest BCUT2D eigenvalue weighted by Gasteiger charge is -2.16. The first kappa shape index (κ1) is 27.2. The summed E-state index contributed by atoms with van der Waals surface area (Å²) in [5.41, 5.74) is 15.8. The zero-order valence-electron chi connectivity index (χ0n) is 27.0. The Morgan fingerprint density at radius 1 is 0.360 bits per heavy atom. The van der Waals surface area contributed by atoms with Crippen LogP contribution < -0.4 is 0 Å². The second-order valence-electron chi connectivity index (χ2n) is 13.0. The van der Waals surface area contributed by atoms with E-state index in [2.05, 4.69) is 162 Å². The van der Waals surface area contributed by atoms with E-state index in [1.54, 1.807) is 4.80 Å². The van der Waals surface area contributed by atoms with Crippen molar-refractivity contribution < 1.29 is 0 Å². The molecule has 0 spiro atoms. The third-order valence-corrected chi connectivity index (χ3v) is 10.4. The van der Waals surface area contributed by atoms with E-state index in [4.69, 9.17) is 10.2 Å². The zero-order chi connectivity index (χ0) is 32.8. The van der Waals surface area contributed by atoms with Crippen LogP contribution in [0, 0.1) is 0 Å². The molecule has 0 radical (unpaired) electrons. The highest BCUT2D eigenvalue weighted by Crippen LogP contribution is 2.50. The quantitative estimate of drug-likeness (QED) is 0.193. The molecule has 0 unspecified atom stereocenters. The largest absolute Gasteiger partial charge is 0.309 e. The maximum absolute atomic E-state index is 5.11. The summed E-state index contributed by atoms with van der Waals surface area (Å²) in [5.74, 6) is 0. The molecule has 10 aromatic rings. The summed E-state index contributed by atoms with van der Waals surface area (Å²) in [5, 5.41) is 15.2. The molecular weight excluding hydrogens is 609 g/mol. The van der Waals surface area contributed by atoms with Crippen LogP contribution in [0.2, 0.25) is 0 Å². The zero-order valence-corrected chi connectivity index (χ0v) is 27.0. The lowest BCUT2D eigenvalue weighted by Crippen LogP contribution is -1.99. The van der Waals surface area contributed by atoms with Gasteiger partial charge in [0.15, 0.2) is 0 Å². The molecule has 4 heteroatoms. The summed E-state index contributed by atoms with van der Waals surface area (Å²) >= 11 is 0.